The molecule has 2 aromatic rings. The van der Waals surface area contributed by atoms with Crippen LogP contribution in [0.2, 0.25) is 0 Å². The van der Waals surface area contributed by atoms with E-state index in [2.05, 4.69) is 23.6 Å². The molecule has 0 atom stereocenters. The fourth-order valence-corrected chi connectivity index (χ4v) is 4.07. The monoisotopic (exact) mass is 389 g/mol. The highest BCUT2D eigenvalue weighted by atomic mass is 16.2. The molecule has 150 valence electrons. The van der Waals surface area contributed by atoms with Crippen LogP contribution in [0.4, 0.5) is 5.69 Å². The molecule has 4 rings (SSSR count). The molecule has 0 spiro atoms. The topological polar surface area (TPSA) is 43.9 Å². The number of benzene rings is 2. The summed E-state index contributed by atoms with van der Waals surface area (Å²) in [6.07, 6.45) is 0. The first kappa shape index (κ1) is 19.4. The Balaban J connectivity index is 1.80. The second-order valence-corrected chi connectivity index (χ2v) is 7.73. The predicted molar refractivity (Wildman–Crippen MR) is 115 cm³/mol. The van der Waals surface area contributed by atoms with Gasteiger partial charge in [-0.15, -0.1) is 0 Å². The third kappa shape index (κ3) is 3.47. The number of aryl methyl sites for hydroxylation is 2. The normalized spacial score (nSPS) is 18.2. The van der Waals surface area contributed by atoms with E-state index in [0.717, 1.165) is 43.9 Å². The average molecular weight is 389 g/mol. The van der Waals surface area contributed by atoms with Crippen LogP contribution >= 0.6 is 0 Å². The summed E-state index contributed by atoms with van der Waals surface area (Å²) in [5, 5.41) is 0. The van der Waals surface area contributed by atoms with Crippen molar-refractivity contribution < 1.29 is 9.59 Å². The predicted octanol–water partition coefficient (Wildman–Crippen LogP) is 3.23. The number of likely N-dealkylation sites (N-methyl/N-ethyl adjacent to an activating group) is 1. The van der Waals surface area contributed by atoms with Gasteiger partial charge in [0.15, 0.2) is 0 Å². The molecule has 0 aromatic heterocycles. The molecule has 29 heavy (non-hydrogen) atoms. The van der Waals surface area contributed by atoms with Crippen LogP contribution in [0.15, 0.2) is 54.2 Å². The summed E-state index contributed by atoms with van der Waals surface area (Å²) >= 11 is 0. The SMILES string of the molecule is CCN1CCN(C2=C(c3ccc(C)c(C)c3)C(=O)N(c3ccccc3)C2=O)CC1. The molecule has 0 unspecified atom stereocenters. The van der Waals surface area contributed by atoms with Gasteiger partial charge in [0.1, 0.15) is 5.70 Å². The number of carbonyl (C=O) groups is 2. The van der Waals surface area contributed by atoms with Gasteiger partial charge in [0.2, 0.25) is 0 Å². The number of anilines is 1. The number of carbonyl (C=O) groups excluding carboxylic acids is 2. The smallest absolute Gasteiger partial charge is 0.282 e. The Bertz CT molecular complexity index is 973. The second-order valence-electron chi connectivity index (χ2n) is 7.73. The van der Waals surface area contributed by atoms with Gasteiger partial charge < -0.3 is 9.80 Å². The van der Waals surface area contributed by atoms with E-state index < -0.39 is 0 Å². The number of hydrogen-bond acceptors (Lipinski definition) is 4. The van der Waals surface area contributed by atoms with Gasteiger partial charge in [-0.2, -0.15) is 0 Å². The fraction of sp³-hybridized carbons (Fsp3) is 0.333. The van der Waals surface area contributed by atoms with Crippen LogP contribution in [0, 0.1) is 13.8 Å². The van der Waals surface area contributed by atoms with Crippen molar-refractivity contribution in [3.63, 3.8) is 0 Å². The minimum Gasteiger partial charge on any atom is -0.364 e. The lowest BCUT2D eigenvalue weighted by Gasteiger charge is -2.36. The highest BCUT2D eigenvalue weighted by molar-refractivity contribution is 6.45. The van der Waals surface area contributed by atoms with Gasteiger partial charge in [-0.1, -0.05) is 43.3 Å². The number of para-hydroxylation sites is 1. The summed E-state index contributed by atoms with van der Waals surface area (Å²) < 4.78 is 0. The first-order chi connectivity index (χ1) is 14.0. The summed E-state index contributed by atoms with van der Waals surface area (Å²) in [4.78, 5) is 32.8. The Morgan fingerprint density at radius 2 is 1.52 bits per heavy atom. The van der Waals surface area contributed by atoms with E-state index in [-0.39, 0.29) is 11.8 Å². The van der Waals surface area contributed by atoms with Crippen LogP contribution in [-0.2, 0) is 9.59 Å². The summed E-state index contributed by atoms with van der Waals surface area (Å²) in [7, 11) is 0. The van der Waals surface area contributed by atoms with Crippen LogP contribution < -0.4 is 4.90 Å². The van der Waals surface area contributed by atoms with Crippen LogP contribution in [0.1, 0.15) is 23.6 Å². The van der Waals surface area contributed by atoms with Crippen molar-refractivity contribution in [2.45, 2.75) is 20.8 Å². The highest BCUT2D eigenvalue weighted by Crippen LogP contribution is 2.35. The molecular formula is C24H27N3O2. The maximum atomic E-state index is 13.5. The zero-order valence-electron chi connectivity index (χ0n) is 17.3. The molecule has 0 saturated carbocycles. The lowest BCUT2D eigenvalue weighted by Crippen LogP contribution is -2.47. The quantitative estimate of drug-likeness (QED) is 0.753. The Labute approximate surface area is 172 Å². The minimum atomic E-state index is -0.239. The second kappa shape index (κ2) is 7.84. The van der Waals surface area contributed by atoms with E-state index in [1.807, 2.05) is 55.5 Å². The van der Waals surface area contributed by atoms with E-state index >= 15 is 0 Å². The number of amides is 2. The van der Waals surface area contributed by atoms with Crippen molar-refractivity contribution in [1.82, 2.24) is 9.80 Å². The molecule has 1 saturated heterocycles. The molecule has 5 nitrogen and oxygen atoms in total. The van der Waals surface area contributed by atoms with Gasteiger partial charge in [0.25, 0.3) is 11.8 Å². The van der Waals surface area contributed by atoms with Gasteiger partial charge in [-0.05, 0) is 49.2 Å². The number of rotatable bonds is 4. The third-order valence-electron chi connectivity index (χ3n) is 6.01. The molecule has 0 radical (unpaired) electrons. The fourth-order valence-electron chi connectivity index (χ4n) is 4.07. The van der Waals surface area contributed by atoms with Gasteiger partial charge >= 0.3 is 0 Å². The Hall–Kier alpha value is -2.92. The average Bonchev–Trinajstić information content (AvgIpc) is 3.01. The van der Waals surface area contributed by atoms with E-state index in [1.165, 1.54) is 10.5 Å². The van der Waals surface area contributed by atoms with E-state index in [0.29, 0.717) is 17.0 Å². The van der Waals surface area contributed by atoms with Gasteiger partial charge in [0, 0.05) is 26.2 Å². The largest absolute Gasteiger partial charge is 0.364 e. The van der Waals surface area contributed by atoms with E-state index in [1.54, 1.807) is 0 Å². The number of piperazine rings is 1. The van der Waals surface area contributed by atoms with Crippen molar-refractivity contribution in [3.05, 3.63) is 70.9 Å². The molecule has 2 aromatic carbocycles. The maximum Gasteiger partial charge on any atom is 0.282 e. The molecule has 5 heteroatoms. The zero-order valence-corrected chi connectivity index (χ0v) is 17.3. The number of imide groups is 1. The van der Waals surface area contributed by atoms with Crippen molar-refractivity contribution in [3.8, 4) is 0 Å². The first-order valence-electron chi connectivity index (χ1n) is 10.2. The molecule has 1 fully saturated rings. The molecular weight excluding hydrogens is 362 g/mol. The molecule has 2 amide bonds. The molecule has 0 N–H and O–H groups in total. The third-order valence-corrected chi connectivity index (χ3v) is 6.01. The van der Waals surface area contributed by atoms with E-state index in [4.69, 9.17) is 0 Å². The Kier molecular flexibility index (Phi) is 5.24. The Morgan fingerprint density at radius 1 is 0.828 bits per heavy atom. The van der Waals surface area contributed by atoms with Crippen LogP contribution in [0.25, 0.3) is 5.57 Å². The summed E-state index contributed by atoms with van der Waals surface area (Å²) in [5.41, 5.74) is 4.78. The molecule has 0 bridgehead atoms. The molecule has 2 heterocycles. The summed E-state index contributed by atoms with van der Waals surface area (Å²) in [5.74, 6) is -0.461. The first-order valence-corrected chi connectivity index (χ1v) is 10.2. The molecule has 2 aliphatic heterocycles. The van der Waals surface area contributed by atoms with Gasteiger partial charge in [-0.25, -0.2) is 4.90 Å². The van der Waals surface area contributed by atoms with Crippen molar-refractivity contribution in [1.29, 1.82) is 0 Å². The lowest BCUT2D eigenvalue weighted by atomic mass is 9.99. The zero-order chi connectivity index (χ0) is 20.5. The van der Waals surface area contributed by atoms with Gasteiger partial charge in [0.05, 0.1) is 11.3 Å². The van der Waals surface area contributed by atoms with Crippen molar-refractivity contribution >= 4 is 23.1 Å². The van der Waals surface area contributed by atoms with Crippen molar-refractivity contribution in [2.24, 2.45) is 0 Å². The number of hydrogen-bond donors (Lipinski definition) is 0. The van der Waals surface area contributed by atoms with Gasteiger partial charge in [-0.3, -0.25) is 9.59 Å². The molecule has 2 aliphatic rings. The standard InChI is InChI=1S/C24H27N3O2/c1-4-25-12-14-26(15-13-25)22-21(19-11-10-17(2)18(3)16-19)23(28)27(24(22)29)20-8-6-5-7-9-20/h5-11,16H,4,12-15H2,1-3H3. The Morgan fingerprint density at radius 3 is 2.14 bits per heavy atom. The minimum absolute atomic E-state index is 0.223. The summed E-state index contributed by atoms with van der Waals surface area (Å²) in [6.45, 7) is 10.5. The number of nitrogens with zero attached hydrogens (tertiary/aromatic N) is 3. The van der Waals surface area contributed by atoms with E-state index in [9.17, 15) is 9.59 Å². The summed E-state index contributed by atoms with van der Waals surface area (Å²) in [6, 6.07) is 15.2. The van der Waals surface area contributed by atoms with Crippen molar-refractivity contribution in [2.75, 3.05) is 37.6 Å². The maximum absolute atomic E-state index is 13.5. The van der Waals surface area contributed by atoms with Crippen LogP contribution in [0.5, 0.6) is 0 Å². The van der Waals surface area contributed by atoms with Crippen LogP contribution in [-0.4, -0.2) is 54.3 Å². The van der Waals surface area contributed by atoms with Crippen LogP contribution in [0.3, 0.4) is 0 Å². The lowest BCUT2D eigenvalue weighted by molar-refractivity contribution is -0.120. The molecule has 0 aliphatic carbocycles. The highest BCUT2D eigenvalue weighted by Gasteiger charge is 2.42.